The summed E-state index contributed by atoms with van der Waals surface area (Å²) in [7, 11) is 0. The topological polar surface area (TPSA) is 3.24 Å². The van der Waals surface area contributed by atoms with Crippen molar-refractivity contribution >= 4 is 12.8 Å². The zero-order valence-corrected chi connectivity index (χ0v) is 6.18. The van der Waals surface area contributed by atoms with Crippen LogP contribution in [0.5, 0.6) is 0 Å². The zero-order valence-electron chi connectivity index (χ0n) is 5.29. The molecule has 3 heteroatoms. The van der Waals surface area contributed by atoms with Crippen LogP contribution in [0.15, 0.2) is 25.3 Å². The van der Waals surface area contributed by atoms with Crippen LogP contribution in [0.3, 0.4) is 0 Å². The molecule has 0 aromatic rings. The van der Waals surface area contributed by atoms with Crippen LogP contribution in [0.25, 0.3) is 0 Å². The second kappa shape index (κ2) is 7.72. The number of hydrogen-bond donors (Lipinski definition) is 1. The first-order valence-electron chi connectivity index (χ1n) is 2.47. The van der Waals surface area contributed by atoms with E-state index in [2.05, 4.69) is 26.0 Å². The van der Waals surface area contributed by atoms with E-state index in [1.807, 2.05) is 4.31 Å². The molecule has 0 aromatic carbocycles. The van der Waals surface area contributed by atoms with Gasteiger partial charge >= 0.3 is 0 Å². The molecular weight excluding hydrogens is 137 g/mol. The summed E-state index contributed by atoms with van der Waals surface area (Å²) in [5.41, 5.74) is 0. The fraction of sp³-hybridized carbons (Fsp3) is 0.333. The maximum absolute atomic E-state index is 4.08. The van der Waals surface area contributed by atoms with Crippen LogP contribution >= 0.6 is 12.8 Å². The summed E-state index contributed by atoms with van der Waals surface area (Å²) >= 11 is 4.08. The maximum atomic E-state index is 4.08. The monoisotopic (exact) mass is 149 g/mol. The summed E-state index contributed by atoms with van der Waals surface area (Å²) in [5.74, 6) is 0. The Kier molecular flexibility index (Phi) is 9.87. The average Bonchev–Trinajstić information content (AvgIpc) is 1.68. The predicted molar refractivity (Wildman–Crippen MR) is 43.5 cm³/mol. The predicted octanol–water partition coefficient (Wildman–Crippen LogP) is 1.66. The van der Waals surface area contributed by atoms with Gasteiger partial charge in [0.25, 0.3) is 0 Å². The molecule has 0 saturated heterocycles. The molecule has 0 heterocycles. The first-order chi connectivity index (χ1) is 3.81. The normalized spacial score (nSPS) is 8.22. The molecule has 0 atom stereocenters. The van der Waals surface area contributed by atoms with Crippen molar-refractivity contribution in [3.63, 3.8) is 0 Å². The van der Waals surface area contributed by atoms with Crippen molar-refractivity contribution in [3.05, 3.63) is 25.3 Å². The van der Waals surface area contributed by atoms with E-state index in [0.29, 0.717) is 0 Å². The third-order valence-corrected chi connectivity index (χ3v) is 1.01. The maximum Gasteiger partial charge on any atom is 0.0269 e. The van der Waals surface area contributed by atoms with Crippen molar-refractivity contribution in [1.29, 1.82) is 0 Å². The minimum atomic E-state index is 0. The van der Waals surface area contributed by atoms with Gasteiger partial charge in [-0.3, -0.25) is 4.70 Å². The molecule has 0 spiro atoms. The van der Waals surface area contributed by atoms with Crippen LogP contribution in [-0.4, -0.2) is 17.4 Å². The summed E-state index contributed by atoms with van der Waals surface area (Å²) in [6, 6.07) is 0. The molecule has 0 fully saturated rings. The number of rotatable bonds is 4. The molecule has 0 N–H and O–H groups in total. The summed E-state index contributed by atoms with van der Waals surface area (Å²) in [6.45, 7) is 8.72. The summed E-state index contributed by atoms with van der Waals surface area (Å²) in [6.07, 6.45) is 3.60. The molecule has 54 valence electrons. The Morgan fingerprint density at radius 3 is 1.78 bits per heavy atom. The van der Waals surface area contributed by atoms with Crippen LogP contribution in [0.1, 0.15) is 0 Å². The lowest BCUT2D eigenvalue weighted by Gasteiger charge is -2.07. The van der Waals surface area contributed by atoms with Crippen LogP contribution in [-0.2, 0) is 0 Å². The van der Waals surface area contributed by atoms with Gasteiger partial charge in [0.1, 0.15) is 0 Å². The van der Waals surface area contributed by atoms with Crippen molar-refractivity contribution in [2.45, 2.75) is 0 Å². The summed E-state index contributed by atoms with van der Waals surface area (Å²) in [4.78, 5) is 0. The highest BCUT2D eigenvalue weighted by atomic mass is 32.1. The molecule has 0 bridgehead atoms. The minimum absolute atomic E-state index is 0. The van der Waals surface area contributed by atoms with Crippen LogP contribution in [0, 0.1) is 0 Å². The molecular formula is C6H12FNS. The molecule has 1 nitrogen and oxygen atoms in total. The first-order valence-corrected chi connectivity index (χ1v) is 2.87. The van der Waals surface area contributed by atoms with E-state index < -0.39 is 0 Å². The Balaban J connectivity index is 0. The van der Waals surface area contributed by atoms with Gasteiger partial charge in [0.05, 0.1) is 0 Å². The van der Waals surface area contributed by atoms with Gasteiger partial charge in [-0.1, -0.05) is 25.0 Å². The van der Waals surface area contributed by atoms with Gasteiger partial charge in [-0.2, -0.15) is 0 Å². The molecule has 0 aliphatic heterocycles. The highest BCUT2D eigenvalue weighted by Crippen LogP contribution is 1.90. The third kappa shape index (κ3) is 7.72. The number of thiol groups is 1. The van der Waals surface area contributed by atoms with Crippen molar-refractivity contribution in [2.75, 3.05) is 13.1 Å². The van der Waals surface area contributed by atoms with Crippen LogP contribution < -0.4 is 0 Å². The van der Waals surface area contributed by atoms with Crippen molar-refractivity contribution in [1.82, 2.24) is 4.31 Å². The standard InChI is InChI=1S/C6H11NS.FH/c1-3-5-7(8)6-4-2;/h3-4,8H,1-2,5-6H2;1H. The largest absolute Gasteiger partial charge is 0.269 e. The second-order valence-electron chi connectivity index (χ2n) is 1.45. The van der Waals surface area contributed by atoms with E-state index in [9.17, 15) is 0 Å². The Hall–Kier alpha value is -0.280. The Bertz CT molecular complexity index is 75.1. The molecule has 0 aromatic heterocycles. The Labute approximate surface area is 61.0 Å². The van der Waals surface area contributed by atoms with E-state index in [1.54, 1.807) is 12.2 Å². The van der Waals surface area contributed by atoms with Gasteiger partial charge in [0.2, 0.25) is 0 Å². The summed E-state index contributed by atoms with van der Waals surface area (Å²) < 4.78 is 1.82. The molecule has 0 aliphatic carbocycles. The highest BCUT2D eigenvalue weighted by Gasteiger charge is 1.87. The SMILES string of the molecule is C=CCN(S)CC=C.F. The zero-order chi connectivity index (χ0) is 6.41. The van der Waals surface area contributed by atoms with Gasteiger partial charge in [-0.05, 0) is 0 Å². The average molecular weight is 149 g/mol. The number of nitrogens with zero attached hydrogens (tertiary/aromatic N) is 1. The van der Waals surface area contributed by atoms with Gasteiger partial charge in [-0.25, -0.2) is 4.31 Å². The Morgan fingerprint density at radius 2 is 1.56 bits per heavy atom. The lowest BCUT2D eigenvalue weighted by molar-refractivity contribution is 0.588. The van der Waals surface area contributed by atoms with Crippen LogP contribution in [0.2, 0.25) is 0 Å². The summed E-state index contributed by atoms with van der Waals surface area (Å²) in [5, 5.41) is 0. The molecule has 0 unspecified atom stereocenters. The van der Waals surface area contributed by atoms with Gasteiger partial charge in [-0.15, -0.1) is 13.2 Å². The van der Waals surface area contributed by atoms with Gasteiger partial charge < -0.3 is 0 Å². The lowest BCUT2D eigenvalue weighted by atomic mass is 10.5. The molecule has 9 heavy (non-hydrogen) atoms. The minimum Gasteiger partial charge on any atom is -0.269 e. The highest BCUT2D eigenvalue weighted by molar-refractivity contribution is 7.77. The smallest absolute Gasteiger partial charge is 0.0269 e. The van der Waals surface area contributed by atoms with Crippen molar-refractivity contribution in [2.24, 2.45) is 0 Å². The molecule has 0 saturated carbocycles. The van der Waals surface area contributed by atoms with Crippen LogP contribution in [0.4, 0.5) is 4.70 Å². The van der Waals surface area contributed by atoms with E-state index in [1.165, 1.54) is 0 Å². The fourth-order valence-electron chi connectivity index (χ4n) is 0.373. The van der Waals surface area contributed by atoms with Gasteiger partial charge in [0, 0.05) is 13.1 Å². The quantitative estimate of drug-likeness (QED) is 0.470. The molecule has 0 aliphatic rings. The molecule has 0 rings (SSSR count). The molecule has 0 amide bonds. The van der Waals surface area contributed by atoms with Crippen molar-refractivity contribution in [3.8, 4) is 0 Å². The van der Waals surface area contributed by atoms with E-state index in [-0.39, 0.29) is 4.70 Å². The lowest BCUT2D eigenvalue weighted by Crippen LogP contribution is -2.10. The van der Waals surface area contributed by atoms with Crippen molar-refractivity contribution < 1.29 is 4.70 Å². The van der Waals surface area contributed by atoms with Gasteiger partial charge in [0.15, 0.2) is 0 Å². The van der Waals surface area contributed by atoms with E-state index >= 15 is 0 Å². The number of halogens is 1. The van der Waals surface area contributed by atoms with E-state index in [0.717, 1.165) is 13.1 Å². The third-order valence-electron chi connectivity index (χ3n) is 0.680. The fourth-order valence-corrected chi connectivity index (χ4v) is 0.604. The Morgan fingerprint density at radius 1 is 1.22 bits per heavy atom. The number of hydrogen-bond acceptors (Lipinski definition) is 2. The second-order valence-corrected chi connectivity index (χ2v) is 2.01. The first kappa shape index (κ1) is 11.5. The van der Waals surface area contributed by atoms with E-state index in [4.69, 9.17) is 0 Å². The molecule has 0 radical (unpaired) electrons.